The van der Waals surface area contributed by atoms with Gasteiger partial charge in [0.15, 0.2) is 17.1 Å². The van der Waals surface area contributed by atoms with Crippen molar-refractivity contribution in [2.75, 3.05) is 18.1 Å². The lowest BCUT2D eigenvalue weighted by molar-refractivity contribution is -0.275. The molecular formula is C29H34ClF3N4O5. The summed E-state index contributed by atoms with van der Waals surface area (Å²) in [6, 6.07) is 7.16. The molecule has 4 atom stereocenters. The van der Waals surface area contributed by atoms with Crippen LogP contribution in [0, 0.1) is 0 Å². The number of aliphatic hydroxyl groups is 1. The van der Waals surface area contributed by atoms with Crippen LogP contribution in [0.4, 0.5) is 19.0 Å². The lowest BCUT2D eigenvalue weighted by Crippen LogP contribution is -2.55. The van der Waals surface area contributed by atoms with Gasteiger partial charge in [0.2, 0.25) is 0 Å². The highest BCUT2D eigenvalue weighted by Gasteiger charge is 2.43. The monoisotopic (exact) mass is 610 g/mol. The molecule has 9 nitrogen and oxygen atoms in total. The van der Waals surface area contributed by atoms with Crippen LogP contribution in [0.3, 0.4) is 0 Å². The number of ether oxygens (including phenoxy) is 2. The molecule has 3 fully saturated rings. The van der Waals surface area contributed by atoms with E-state index in [0.717, 1.165) is 37.6 Å². The number of nitrogens with zero attached hydrogens (tertiary/aromatic N) is 3. The molecule has 0 spiro atoms. The molecule has 0 unspecified atom stereocenters. The van der Waals surface area contributed by atoms with E-state index in [1.54, 1.807) is 17.2 Å². The average molecular weight is 611 g/mol. The highest BCUT2D eigenvalue weighted by Crippen LogP contribution is 2.40. The van der Waals surface area contributed by atoms with Crippen LogP contribution in [-0.2, 0) is 4.79 Å². The molecule has 2 amide bonds. The van der Waals surface area contributed by atoms with Crippen LogP contribution in [0.25, 0.3) is 0 Å². The van der Waals surface area contributed by atoms with Gasteiger partial charge >= 0.3 is 6.36 Å². The highest BCUT2D eigenvalue weighted by molar-refractivity contribution is 6.30. The molecule has 3 saturated heterocycles. The Balaban J connectivity index is 1.21. The molecule has 0 saturated carbocycles. The van der Waals surface area contributed by atoms with Gasteiger partial charge in [-0.25, -0.2) is 4.98 Å². The number of nitrogens with one attached hydrogen (secondary N) is 1. The van der Waals surface area contributed by atoms with Crippen molar-refractivity contribution in [3.05, 3.63) is 47.1 Å². The van der Waals surface area contributed by atoms with E-state index in [-0.39, 0.29) is 47.5 Å². The van der Waals surface area contributed by atoms with Crippen LogP contribution in [0.5, 0.6) is 11.5 Å². The van der Waals surface area contributed by atoms with Gasteiger partial charge in [0.25, 0.3) is 11.8 Å². The van der Waals surface area contributed by atoms with Crippen molar-refractivity contribution >= 4 is 29.2 Å². The van der Waals surface area contributed by atoms with Crippen molar-refractivity contribution in [2.24, 2.45) is 0 Å². The molecule has 42 heavy (non-hydrogen) atoms. The first-order valence-electron chi connectivity index (χ1n) is 14.1. The van der Waals surface area contributed by atoms with E-state index < -0.39 is 23.6 Å². The third-order valence-corrected chi connectivity index (χ3v) is 8.45. The summed E-state index contributed by atoms with van der Waals surface area (Å²) in [7, 11) is 0. The van der Waals surface area contributed by atoms with Gasteiger partial charge in [0.05, 0.1) is 18.2 Å². The first-order chi connectivity index (χ1) is 19.8. The maximum Gasteiger partial charge on any atom is 0.573 e. The summed E-state index contributed by atoms with van der Waals surface area (Å²) in [5.41, 5.74) is -1.01. The first kappa shape index (κ1) is 30.2. The zero-order valence-corrected chi connectivity index (χ0v) is 24.1. The van der Waals surface area contributed by atoms with Crippen LogP contribution in [0.1, 0.15) is 62.7 Å². The Kier molecular flexibility index (Phi) is 8.48. The second kappa shape index (κ2) is 11.8. The minimum atomic E-state index is -4.95. The number of anilines is 1. The molecule has 228 valence electrons. The van der Waals surface area contributed by atoms with Crippen LogP contribution < -0.4 is 19.7 Å². The molecule has 0 aliphatic carbocycles. The van der Waals surface area contributed by atoms with Crippen molar-refractivity contribution in [3.8, 4) is 11.5 Å². The number of aromatic nitrogens is 1. The molecule has 1 aromatic heterocycles. The fourth-order valence-corrected chi connectivity index (χ4v) is 6.41. The zero-order valence-electron chi connectivity index (χ0n) is 23.4. The number of piperidine rings is 1. The standard InChI is InChI=1S/C29H34ClF3N4O5/c1-28(2,41-23-9-6-18(30)12-24(23)42-29(31,32)33)27(40)35-19-13-20-7-8-21(14-19)37(20)25-10-5-17(15-34-25)26(39)36-11-3-4-22(36)16-38/h5-6,9-10,12,15,19-22,38H,3-4,7-8,11,13-14,16H2,1-2H3,(H,35,40)/t19-,20+,21-,22-/m0/s1. The first-order valence-corrected chi connectivity index (χ1v) is 14.4. The number of carbonyl (C=O) groups excluding carboxylic acids is 2. The molecule has 0 radical (unpaired) electrons. The predicted octanol–water partition coefficient (Wildman–Crippen LogP) is 4.70. The maximum absolute atomic E-state index is 13.2. The third kappa shape index (κ3) is 6.54. The quantitative estimate of drug-likeness (QED) is 0.446. The average Bonchev–Trinajstić information content (AvgIpc) is 3.51. The van der Waals surface area contributed by atoms with Crippen LogP contribution in [0.2, 0.25) is 5.02 Å². The van der Waals surface area contributed by atoms with Crippen molar-refractivity contribution in [1.82, 2.24) is 15.2 Å². The Hall–Kier alpha value is -3.25. The molecule has 2 aromatic rings. The number of fused-ring (bicyclic) bond motifs is 2. The summed E-state index contributed by atoms with van der Waals surface area (Å²) in [6.45, 7) is 3.54. The number of alkyl halides is 3. The number of halogens is 4. The topological polar surface area (TPSA) is 104 Å². The molecule has 2 N–H and O–H groups in total. The second-order valence-corrected chi connectivity index (χ2v) is 12.0. The van der Waals surface area contributed by atoms with Gasteiger partial charge in [-0.15, -0.1) is 13.2 Å². The smallest absolute Gasteiger partial charge is 0.474 e. The zero-order chi connectivity index (χ0) is 30.2. The summed E-state index contributed by atoms with van der Waals surface area (Å²) < 4.78 is 48.5. The molecule has 2 bridgehead atoms. The van der Waals surface area contributed by atoms with Gasteiger partial charge in [-0.05, 0) is 76.6 Å². The Morgan fingerprint density at radius 3 is 2.40 bits per heavy atom. The van der Waals surface area contributed by atoms with Gasteiger partial charge in [0.1, 0.15) is 5.82 Å². The van der Waals surface area contributed by atoms with Gasteiger partial charge in [-0.2, -0.15) is 0 Å². The van der Waals surface area contributed by atoms with E-state index in [9.17, 15) is 27.9 Å². The van der Waals surface area contributed by atoms with Gasteiger partial charge in [-0.1, -0.05) is 11.6 Å². The van der Waals surface area contributed by atoms with Gasteiger partial charge in [-0.3, -0.25) is 9.59 Å². The van der Waals surface area contributed by atoms with Crippen molar-refractivity contribution in [2.45, 2.75) is 88.5 Å². The Morgan fingerprint density at radius 2 is 1.79 bits per heavy atom. The number of likely N-dealkylation sites (tertiary alicyclic amines) is 1. The molecule has 5 rings (SSSR count). The number of amides is 2. The molecule has 1 aromatic carbocycles. The van der Waals surface area contributed by atoms with E-state index >= 15 is 0 Å². The molecule has 13 heteroatoms. The normalized spacial score (nSPS) is 24.1. The van der Waals surface area contributed by atoms with E-state index in [1.165, 1.54) is 26.0 Å². The van der Waals surface area contributed by atoms with Gasteiger partial charge in [0, 0.05) is 42.0 Å². The number of hydrogen-bond donors (Lipinski definition) is 2. The summed E-state index contributed by atoms with van der Waals surface area (Å²) in [5, 5.41) is 12.6. The number of pyridine rings is 1. The van der Waals surface area contributed by atoms with Crippen LogP contribution in [-0.4, -0.2) is 76.1 Å². The lowest BCUT2D eigenvalue weighted by Gasteiger charge is -2.41. The summed E-state index contributed by atoms with van der Waals surface area (Å²) >= 11 is 5.84. The molecular weight excluding hydrogens is 577 g/mol. The predicted molar refractivity (Wildman–Crippen MR) is 149 cm³/mol. The Labute approximate surface area is 246 Å². The number of carbonyl (C=O) groups is 2. The van der Waals surface area contributed by atoms with E-state index in [0.29, 0.717) is 24.9 Å². The minimum absolute atomic E-state index is 0.0312. The Bertz CT molecular complexity index is 1300. The minimum Gasteiger partial charge on any atom is -0.474 e. The third-order valence-electron chi connectivity index (χ3n) is 8.22. The molecule has 3 aliphatic rings. The molecule has 3 aliphatic heterocycles. The Morgan fingerprint density at radius 1 is 1.07 bits per heavy atom. The fourth-order valence-electron chi connectivity index (χ4n) is 6.24. The van der Waals surface area contributed by atoms with E-state index in [2.05, 4.69) is 19.9 Å². The fraction of sp³-hybridized carbons (Fsp3) is 0.552. The van der Waals surface area contributed by atoms with Crippen molar-refractivity contribution in [1.29, 1.82) is 0 Å². The van der Waals surface area contributed by atoms with Crippen LogP contribution >= 0.6 is 11.6 Å². The highest BCUT2D eigenvalue weighted by atomic mass is 35.5. The lowest BCUT2D eigenvalue weighted by atomic mass is 9.96. The summed E-state index contributed by atoms with van der Waals surface area (Å²) in [5.74, 6) is -0.701. The van der Waals surface area contributed by atoms with Crippen molar-refractivity contribution < 1.29 is 37.3 Å². The van der Waals surface area contributed by atoms with E-state index in [1.807, 2.05) is 6.07 Å². The number of benzene rings is 1. The van der Waals surface area contributed by atoms with Crippen LogP contribution in [0.15, 0.2) is 36.5 Å². The van der Waals surface area contributed by atoms with Crippen molar-refractivity contribution in [3.63, 3.8) is 0 Å². The largest absolute Gasteiger partial charge is 0.573 e. The number of hydrogen-bond acceptors (Lipinski definition) is 7. The second-order valence-electron chi connectivity index (χ2n) is 11.6. The SMILES string of the molecule is CC(C)(Oc1ccc(Cl)cc1OC(F)(F)F)C(=O)N[C@H]1C[C@H]2CC[C@@H](C1)N2c1ccc(C(=O)N2CCC[C@H]2CO)cn1. The van der Waals surface area contributed by atoms with E-state index in [4.69, 9.17) is 16.3 Å². The number of aliphatic hydroxyl groups excluding tert-OH is 1. The summed E-state index contributed by atoms with van der Waals surface area (Å²) in [4.78, 5) is 34.7. The van der Waals surface area contributed by atoms with Gasteiger partial charge < -0.3 is 29.7 Å². The maximum atomic E-state index is 13.2. The number of rotatable bonds is 8. The summed E-state index contributed by atoms with van der Waals surface area (Å²) in [6.07, 6.45) is 1.47. The molecule has 4 heterocycles.